The summed E-state index contributed by atoms with van der Waals surface area (Å²) in [6.45, 7) is -0.997. The number of nitriles is 1. The number of hydrogen-bond donors (Lipinski definition) is 8. The molecule has 9 N–H and O–H groups in total. The number of anilines is 1. The van der Waals surface area contributed by atoms with Gasteiger partial charge < -0.3 is 36.6 Å². The van der Waals surface area contributed by atoms with Crippen molar-refractivity contribution < 1.29 is 47.6 Å². The fourth-order valence-corrected chi connectivity index (χ4v) is 5.60. The highest BCUT2D eigenvalue weighted by molar-refractivity contribution is 7.84. The summed E-state index contributed by atoms with van der Waals surface area (Å²) in [6.07, 6.45) is 3.02. The third-order valence-electron chi connectivity index (χ3n) is 6.69. The van der Waals surface area contributed by atoms with Crippen molar-refractivity contribution in [3.05, 3.63) is 39.3 Å². The average molecular weight is 669 g/mol. The van der Waals surface area contributed by atoms with Crippen LogP contribution in [0.4, 0.5) is 5.13 Å². The van der Waals surface area contributed by atoms with E-state index in [1.165, 1.54) is 5.38 Å². The molecule has 21 nitrogen and oxygen atoms in total. The number of guanidine groups is 1. The number of nitrogens with zero attached hydrogens (tertiary/aromatic N) is 6. The van der Waals surface area contributed by atoms with Crippen LogP contribution >= 0.6 is 11.3 Å². The summed E-state index contributed by atoms with van der Waals surface area (Å²) in [7, 11) is -5.14. The number of rotatable bonds is 11. The van der Waals surface area contributed by atoms with Gasteiger partial charge >= 0.3 is 16.3 Å². The molecule has 2 aromatic rings. The lowest BCUT2D eigenvalue weighted by molar-refractivity contribution is -0.178. The lowest BCUT2D eigenvalue weighted by Gasteiger charge is -2.44. The number of pyridine rings is 1. The zero-order valence-electron chi connectivity index (χ0n) is 22.6. The minimum atomic E-state index is -5.14. The molecule has 2 aliphatic rings. The zero-order chi connectivity index (χ0) is 33.1. The van der Waals surface area contributed by atoms with Crippen LogP contribution in [-0.4, -0.2) is 96.1 Å². The highest BCUT2D eigenvalue weighted by Crippen LogP contribution is 2.36. The minimum Gasteiger partial charge on any atom is -0.503 e. The number of carbonyl (C=O) groups excluding carboxylic acids is 2. The maximum atomic E-state index is 13.3. The van der Waals surface area contributed by atoms with Crippen molar-refractivity contribution in [1.29, 1.82) is 5.26 Å². The number of carbonyl (C=O) groups is 3. The molecule has 0 radical (unpaired) electrons. The van der Waals surface area contributed by atoms with Crippen LogP contribution in [0.5, 0.6) is 5.75 Å². The Labute approximate surface area is 256 Å². The second-order valence-electron chi connectivity index (χ2n) is 9.53. The summed E-state index contributed by atoms with van der Waals surface area (Å²) in [4.78, 5) is 62.5. The van der Waals surface area contributed by atoms with Gasteiger partial charge in [-0.05, 0) is 6.42 Å². The van der Waals surface area contributed by atoms with Gasteiger partial charge in [-0.2, -0.15) is 18.4 Å². The quantitative estimate of drug-likeness (QED) is 0.0176. The molecular weight excluding hydrogens is 644 g/mol. The molecule has 2 aromatic heterocycles. The van der Waals surface area contributed by atoms with Crippen LogP contribution in [0.1, 0.15) is 30.7 Å². The van der Waals surface area contributed by atoms with E-state index in [-0.39, 0.29) is 39.6 Å². The highest BCUT2D eigenvalue weighted by Gasteiger charge is 2.54. The van der Waals surface area contributed by atoms with Crippen molar-refractivity contribution in [2.75, 3.05) is 12.3 Å². The monoisotopic (exact) mass is 668 g/mol. The number of amides is 2. The summed E-state index contributed by atoms with van der Waals surface area (Å²) in [5.74, 6) is -4.78. The standard InChI is InChI=1S/C22H24N10O11S2/c23-9-27-21(25-5-10-4-13(33)14(34)7-31(10)39)26-6-12-16(18(36)32(12)45(40,41)42)29-17(35)15(11-8-44-20(24)28-11)30-43-22(19(37)38)2-1-3-22/h4,7-8,12,16,34,39H,1-3,5-6H2,(H2,24,28)(H,29,35)(H,37,38)(H2,25,26,27)(H,40,41,42)/t12-,16-/m0/s1. The van der Waals surface area contributed by atoms with E-state index >= 15 is 0 Å². The summed E-state index contributed by atoms with van der Waals surface area (Å²) in [5, 5.41) is 49.8. The molecule has 0 bridgehead atoms. The number of thiazole rings is 1. The van der Waals surface area contributed by atoms with Gasteiger partial charge in [0.1, 0.15) is 11.7 Å². The molecule has 0 unspecified atom stereocenters. The van der Waals surface area contributed by atoms with Gasteiger partial charge in [0, 0.05) is 30.8 Å². The first-order valence-corrected chi connectivity index (χ1v) is 14.8. The number of carboxylic acid groups (broad SMARTS) is 1. The zero-order valence-corrected chi connectivity index (χ0v) is 24.3. The van der Waals surface area contributed by atoms with Crippen molar-refractivity contribution in [2.24, 2.45) is 10.1 Å². The molecule has 2 amide bonds. The average Bonchev–Trinajstić information content (AvgIpc) is 3.36. The molecule has 240 valence electrons. The largest absolute Gasteiger partial charge is 0.503 e. The minimum absolute atomic E-state index is 0.0174. The Morgan fingerprint density at radius 3 is 2.60 bits per heavy atom. The van der Waals surface area contributed by atoms with E-state index in [4.69, 9.17) is 15.8 Å². The first-order chi connectivity index (χ1) is 21.2. The number of β-lactam (4-membered cyclic amide) rings is 1. The van der Waals surface area contributed by atoms with Gasteiger partial charge in [0.2, 0.25) is 17.0 Å². The molecule has 2 atom stereocenters. The number of nitrogens with one attached hydrogen (secondary N) is 3. The van der Waals surface area contributed by atoms with Crippen molar-refractivity contribution >= 4 is 56.2 Å². The van der Waals surface area contributed by atoms with E-state index < -0.39 is 75.8 Å². The number of nitrogens with two attached hydrogens (primary N) is 1. The van der Waals surface area contributed by atoms with Crippen LogP contribution in [-0.2, 0) is 36.1 Å². The second kappa shape index (κ2) is 12.6. The fourth-order valence-electron chi connectivity index (χ4n) is 4.17. The van der Waals surface area contributed by atoms with Crippen LogP contribution < -0.4 is 27.1 Å². The van der Waals surface area contributed by atoms with Gasteiger partial charge in [0.15, 0.2) is 22.8 Å². The lowest BCUT2D eigenvalue weighted by atomic mass is 9.80. The molecule has 3 heterocycles. The summed E-state index contributed by atoms with van der Waals surface area (Å²) >= 11 is 0.917. The Hall–Kier alpha value is -5.47. The molecule has 1 saturated heterocycles. The van der Waals surface area contributed by atoms with Crippen LogP contribution in [0.2, 0.25) is 0 Å². The van der Waals surface area contributed by atoms with Gasteiger partial charge in [-0.3, -0.25) is 24.3 Å². The van der Waals surface area contributed by atoms with Gasteiger partial charge in [-0.15, -0.1) is 11.3 Å². The Morgan fingerprint density at radius 2 is 2.04 bits per heavy atom. The Bertz CT molecular complexity index is 1790. The number of hydrogen-bond acceptors (Lipinski definition) is 15. The van der Waals surface area contributed by atoms with Gasteiger partial charge in [-0.25, -0.2) is 19.1 Å². The van der Waals surface area contributed by atoms with Crippen molar-refractivity contribution in [2.45, 2.75) is 43.5 Å². The van der Waals surface area contributed by atoms with Crippen LogP contribution in [0.25, 0.3) is 0 Å². The predicted molar refractivity (Wildman–Crippen MR) is 150 cm³/mol. The summed E-state index contributed by atoms with van der Waals surface area (Å²) in [6, 6.07) is -2.26. The highest BCUT2D eigenvalue weighted by atomic mass is 32.2. The van der Waals surface area contributed by atoms with Crippen LogP contribution in [0.3, 0.4) is 0 Å². The maximum Gasteiger partial charge on any atom is 0.362 e. The predicted octanol–water partition coefficient (Wildman–Crippen LogP) is -2.73. The molecule has 1 saturated carbocycles. The van der Waals surface area contributed by atoms with Crippen molar-refractivity contribution in [3.8, 4) is 11.9 Å². The molecule has 45 heavy (non-hydrogen) atoms. The fraction of sp³-hybridized carbons (Fsp3) is 0.364. The Balaban J connectivity index is 1.55. The van der Waals surface area contributed by atoms with E-state index in [1.54, 1.807) is 6.19 Å². The van der Waals surface area contributed by atoms with Gasteiger partial charge in [0.05, 0.1) is 24.5 Å². The first-order valence-electron chi connectivity index (χ1n) is 12.6. The molecule has 2 fully saturated rings. The van der Waals surface area contributed by atoms with Crippen LogP contribution in [0, 0.1) is 11.5 Å². The number of aromatic hydroxyl groups is 1. The molecule has 0 aromatic carbocycles. The Morgan fingerprint density at radius 1 is 1.33 bits per heavy atom. The van der Waals surface area contributed by atoms with E-state index in [0.717, 1.165) is 17.4 Å². The van der Waals surface area contributed by atoms with Crippen molar-refractivity contribution in [3.63, 3.8) is 0 Å². The van der Waals surface area contributed by atoms with Gasteiger partial charge in [-0.1, -0.05) is 5.16 Å². The van der Waals surface area contributed by atoms with Gasteiger partial charge in [0.25, 0.3) is 11.8 Å². The third-order valence-corrected chi connectivity index (χ3v) is 8.31. The maximum absolute atomic E-state index is 13.3. The second-order valence-corrected chi connectivity index (χ2v) is 11.7. The summed E-state index contributed by atoms with van der Waals surface area (Å²) < 4.78 is 34.0. The SMILES string of the molecule is N#CNC(=NCc1cc(=O)c(O)cn1O)NC[C@H]1[C@H](NC(=O)C(=NOC2(C(=O)O)CCC2)c2csc(N)n2)C(=O)N1S(=O)(=O)O. The van der Waals surface area contributed by atoms with E-state index in [9.17, 15) is 47.6 Å². The normalized spacial score (nSPS) is 19.5. The van der Waals surface area contributed by atoms with Crippen molar-refractivity contribution in [1.82, 2.24) is 30.0 Å². The third kappa shape index (κ3) is 6.87. The van der Waals surface area contributed by atoms with Crippen LogP contribution in [0.15, 0.2) is 32.6 Å². The molecule has 1 aliphatic carbocycles. The molecule has 23 heteroatoms. The number of aliphatic carboxylic acids is 1. The van der Waals surface area contributed by atoms with E-state index in [2.05, 4.69) is 31.1 Å². The van der Waals surface area contributed by atoms with E-state index in [0.29, 0.717) is 17.3 Å². The topological polar surface area (TPSA) is 324 Å². The molecular formula is C22H24N10O11S2. The number of oxime groups is 1. The lowest BCUT2D eigenvalue weighted by Crippen LogP contribution is -2.74. The number of aliphatic imine (C=N–C) groups is 1. The molecule has 1 aliphatic heterocycles. The number of nitrogen functional groups attached to an aromatic ring is 1. The number of carboxylic acids is 1. The Kier molecular flexibility index (Phi) is 9.11. The first kappa shape index (κ1) is 32.4. The summed E-state index contributed by atoms with van der Waals surface area (Å²) in [5.41, 5.74) is 2.31. The number of aromatic nitrogens is 2. The molecule has 0 spiro atoms. The molecule has 4 rings (SSSR count). The van der Waals surface area contributed by atoms with E-state index in [1.807, 2.05) is 0 Å². The smallest absolute Gasteiger partial charge is 0.362 e.